The Bertz CT molecular complexity index is 1820. The number of sulfone groups is 1. The largest absolute Gasteiger partial charge is 0.270 e. The number of sulfonamides is 1. The lowest BCUT2D eigenvalue weighted by atomic mass is 10.1. The van der Waals surface area contributed by atoms with Gasteiger partial charge in [-0.1, -0.05) is 54.6 Å². The van der Waals surface area contributed by atoms with E-state index in [0.717, 1.165) is 6.08 Å². The van der Waals surface area contributed by atoms with Gasteiger partial charge in [0.1, 0.15) is 0 Å². The topological polar surface area (TPSA) is 97.4 Å². The molecule has 1 amide bonds. The highest BCUT2D eigenvalue weighted by atomic mass is 32.2. The third-order valence-electron chi connectivity index (χ3n) is 5.34. The van der Waals surface area contributed by atoms with Crippen LogP contribution in [0.25, 0.3) is 16.8 Å². The monoisotopic (exact) mass is 567 g/mol. The Hall–Kier alpha value is -4.10. The number of carbonyl (C=O) groups is 1. The first-order chi connectivity index (χ1) is 17.9. The molecule has 1 N–H and O–H groups in total. The summed E-state index contributed by atoms with van der Waals surface area (Å²) in [7, 11) is -9.72. The number of rotatable bonds is 6. The molecule has 0 aliphatic carbocycles. The lowest BCUT2D eigenvalue weighted by molar-refractivity contribution is -0.114. The fourth-order valence-corrected chi connectivity index (χ4v) is 6.38. The van der Waals surface area contributed by atoms with E-state index in [-0.39, 0.29) is 15.4 Å². The summed E-state index contributed by atoms with van der Waals surface area (Å²) in [6.45, 7) is 0. The molecule has 0 atom stereocenters. The first-order valence-electron chi connectivity index (χ1n) is 10.4. The summed E-state index contributed by atoms with van der Waals surface area (Å²) in [5.74, 6) is -14.5. The van der Waals surface area contributed by atoms with Gasteiger partial charge in [-0.3, -0.25) is 4.79 Å². The van der Waals surface area contributed by atoms with Crippen LogP contribution in [-0.2, 0) is 24.7 Å². The van der Waals surface area contributed by atoms with Crippen LogP contribution in [0.15, 0.2) is 87.5 Å². The van der Waals surface area contributed by atoms with Gasteiger partial charge in [0.25, 0.3) is 15.9 Å². The highest BCUT2D eigenvalue weighted by Gasteiger charge is 2.34. The third-order valence-corrected chi connectivity index (χ3v) is 8.59. The molecule has 0 spiro atoms. The molecular formula is C25H14F5NO5S2. The molecule has 0 bridgehead atoms. The number of nitrogens with one attached hydrogen (secondary N) is 1. The minimum Gasteiger partial charge on any atom is -0.269 e. The van der Waals surface area contributed by atoms with Crippen LogP contribution in [0.3, 0.4) is 0 Å². The van der Waals surface area contributed by atoms with Gasteiger partial charge in [-0.15, -0.1) is 0 Å². The van der Waals surface area contributed by atoms with Crippen molar-refractivity contribution in [2.75, 3.05) is 0 Å². The number of hydrogen-bond acceptors (Lipinski definition) is 5. The molecule has 0 saturated heterocycles. The fourth-order valence-electron chi connectivity index (χ4n) is 3.62. The Labute approximate surface area is 213 Å². The zero-order valence-corrected chi connectivity index (χ0v) is 20.4. The molecule has 0 heterocycles. The summed E-state index contributed by atoms with van der Waals surface area (Å²) < 4.78 is 121. The lowest BCUT2D eigenvalue weighted by Crippen LogP contribution is -2.31. The van der Waals surface area contributed by atoms with E-state index >= 15 is 0 Å². The summed E-state index contributed by atoms with van der Waals surface area (Å²) in [4.78, 5) is 9.72. The van der Waals surface area contributed by atoms with Gasteiger partial charge in [-0.2, -0.15) is 0 Å². The Kier molecular flexibility index (Phi) is 7.08. The van der Waals surface area contributed by atoms with E-state index in [1.165, 1.54) is 35.1 Å². The first kappa shape index (κ1) is 26.9. The zero-order valence-electron chi connectivity index (χ0n) is 18.8. The SMILES string of the molecule is O=C(/C=C/c1ccccc1S(=O)(=O)c1cccc2ccccc12)NS(=O)(=O)c1c(F)c(F)c(F)c(F)c1F. The zero-order chi connectivity index (χ0) is 27.8. The molecule has 6 nitrogen and oxygen atoms in total. The lowest BCUT2D eigenvalue weighted by Gasteiger charge is -2.11. The van der Waals surface area contributed by atoms with Crippen LogP contribution in [0, 0.1) is 29.1 Å². The molecule has 196 valence electrons. The summed E-state index contributed by atoms with van der Waals surface area (Å²) in [6, 6.07) is 16.8. The van der Waals surface area contributed by atoms with Gasteiger partial charge in [0.05, 0.1) is 9.79 Å². The predicted octanol–water partition coefficient (Wildman–Crippen LogP) is 4.89. The van der Waals surface area contributed by atoms with Gasteiger partial charge >= 0.3 is 0 Å². The van der Waals surface area contributed by atoms with Crippen molar-refractivity contribution in [3.8, 4) is 0 Å². The molecule has 13 heteroatoms. The van der Waals surface area contributed by atoms with Gasteiger partial charge in [0.2, 0.25) is 15.7 Å². The molecule has 0 saturated carbocycles. The van der Waals surface area contributed by atoms with Crippen LogP contribution in [-0.4, -0.2) is 22.7 Å². The number of carbonyl (C=O) groups excluding carboxylic acids is 1. The van der Waals surface area contributed by atoms with Gasteiger partial charge < -0.3 is 0 Å². The second-order valence-electron chi connectivity index (χ2n) is 7.72. The van der Waals surface area contributed by atoms with Crippen LogP contribution in [0.1, 0.15) is 5.56 Å². The second-order valence-corrected chi connectivity index (χ2v) is 11.2. The average Bonchev–Trinajstić information content (AvgIpc) is 2.89. The van der Waals surface area contributed by atoms with Crippen LogP contribution in [0.5, 0.6) is 0 Å². The third kappa shape index (κ3) is 4.77. The molecule has 0 aliphatic heterocycles. The van der Waals surface area contributed by atoms with E-state index in [4.69, 9.17) is 0 Å². The predicted molar refractivity (Wildman–Crippen MR) is 126 cm³/mol. The van der Waals surface area contributed by atoms with E-state index in [0.29, 0.717) is 16.8 Å². The van der Waals surface area contributed by atoms with E-state index < -0.39 is 59.7 Å². The van der Waals surface area contributed by atoms with E-state index in [9.17, 15) is 43.6 Å². The minimum atomic E-state index is -5.56. The van der Waals surface area contributed by atoms with Crippen molar-refractivity contribution in [2.24, 2.45) is 0 Å². The number of amides is 1. The Morgan fingerprint density at radius 2 is 1.18 bits per heavy atom. The van der Waals surface area contributed by atoms with Crippen molar-refractivity contribution < 1.29 is 43.6 Å². The normalized spacial score (nSPS) is 12.2. The van der Waals surface area contributed by atoms with Gasteiger partial charge in [0, 0.05) is 11.5 Å². The average molecular weight is 568 g/mol. The molecule has 0 radical (unpaired) electrons. The second kappa shape index (κ2) is 9.99. The maximum Gasteiger partial charge on any atom is 0.270 e. The molecule has 0 fully saturated rings. The Morgan fingerprint density at radius 1 is 0.658 bits per heavy atom. The number of hydrogen-bond donors (Lipinski definition) is 1. The molecule has 0 aliphatic rings. The summed E-state index contributed by atoms with van der Waals surface area (Å²) in [5, 5.41) is 1.08. The summed E-state index contributed by atoms with van der Waals surface area (Å²) in [6.07, 6.45) is 1.45. The van der Waals surface area contributed by atoms with Crippen molar-refractivity contribution in [3.05, 3.63) is 107 Å². The number of halogens is 5. The van der Waals surface area contributed by atoms with E-state index in [1.54, 1.807) is 36.4 Å². The Balaban J connectivity index is 1.68. The molecule has 38 heavy (non-hydrogen) atoms. The molecule has 4 aromatic rings. The van der Waals surface area contributed by atoms with Crippen LogP contribution in [0.2, 0.25) is 0 Å². The van der Waals surface area contributed by atoms with Gasteiger partial charge in [-0.25, -0.2) is 43.5 Å². The van der Waals surface area contributed by atoms with Crippen LogP contribution >= 0.6 is 0 Å². The van der Waals surface area contributed by atoms with Gasteiger partial charge in [-0.05, 0) is 29.2 Å². The summed E-state index contributed by atoms with van der Waals surface area (Å²) in [5.41, 5.74) is -0.0517. The standard InChI is InChI=1S/C25H14F5NO5S2/c26-20-21(27)23(29)25(24(30)22(20)28)38(35,36)31-19(32)13-12-15-7-2-4-10-17(15)37(33,34)18-11-5-8-14-6-1-3-9-16(14)18/h1-13H,(H,31,32)/b13-12+. The van der Waals surface area contributed by atoms with E-state index in [2.05, 4.69) is 0 Å². The molecule has 4 rings (SSSR count). The highest BCUT2D eigenvalue weighted by molar-refractivity contribution is 7.91. The highest BCUT2D eigenvalue weighted by Crippen LogP contribution is 2.31. The number of benzene rings is 4. The van der Waals surface area contributed by atoms with E-state index in [1.807, 2.05) is 0 Å². The molecular weight excluding hydrogens is 553 g/mol. The molecule has 0 aromatic heterocycles. The fraction of sp³-hybridized carbons (Fsp3) is 0. The first-order valence-corrected chi connectivity index (χ1v) is 13.4. The van der Waals surface area contributed by atoms with Crippen molar-refractivity contribution >= 4 is 42.6 Å². The van der Waals surface area contributed by atoms with Crippen molar-refractivity contribution in [1.29, 1.82) is 0 Å². The smallest absolute Gasteiger partial charge is 0.269 e. The summed E-state index contributed by atoms with van der Waals surface area (Å²) >= 11 is 0. The molecule has 4 aromatic carbocycles. The van der Waals surface area contributed by atoms with Crippen LogP contribution in [0.4, 0.5) is 22.0 Å². The number of fused-ring (bicyclic) bond motifs is 1. The minimum absolute atomic E-state index is 0.0326. The maximum atomic E-state index is 13.9. The van der Waals surface area contributed by atoms with Crippen molar-refractivity contribution in [2.45, 2.75) is 14.7 Å². The van der Waals surface area contributed by atoms with Crippen LogP contribution < -0.4 is 4.72 Å². The maximum absolute atomic E-state index is 13.9. The quantitative estimate of drug-likeness (QED) is 0.155. The molecule has 0 unspecified atom stereocenters. The Morgan fingerprint density at radius 3 is 1.87 bits per heavy atom. The van der Waals surface area contributed by atoms with Crippen molar-refractivity contribution in [3.63, 3.8) is 0 Å². The van der Waals surface area contributed by atoms with Crippen molar-refractivity contribution in [1.82, 2.24) is 4.72 Å². The van der Waals surface area contributed by atoms with Gasteiger partial charge in [0.15, 0.2) is 28.2 Å².